The van der Waals surface area contributed by atoms with Crippen LogP contribution >= 0.6 is 0 Å². The van der Waals surface area contributed by atoms with Gasteiger partial charge >= 0.3 is 5.97 Å². The smallest absolute Gasteiger partial charge is 0.344 e. The highest BCUT2D eigenvalue weighted by Crippen LogP contribution is 2.37. The molecule has 0 saturated carbocycles. The molecule has 0 radical (unpaired) electrons. The number of rotatable bonds is 8. The summed E-state index contributed by atoms with van der Waals surface area (Å²) in [5.74, 6) is 1.17. The van der Waals surface area contributed by atoms with Crippen molar-refractivity contribution in [3.05, 3.63) is 89.2 Å². The van der Waals surface area contributed by atoms with Crippen LogP contribution in [-0.4, -0.2) is 32.6 Å². The van der Waals surface area contributed by atoms with Gasteiger partial charge in [0.25, 0.3) is 0 Å². The molecule has 0 amide bonds. The van der Waals surface area contributed by atoms with Gasteiger partial charge in [-0.25, -0.2) is 4.79 Å². The van der Waals surface area contributed by atoms with Gasteiger partial charge in [-0.1, -0.05) is 42.5 Å². The van der Waals surface area contributed by atoms with E-state index in [2.05, 4.69) is 0 Å². The second kappa shape index (κ2) is 9.91. The number of allylic oxidation sites excluding steroid dienone is 1. The number of carbonyl (C=O) groups excluding carboxylic acids is 2. The van der Waals surface area contributed by atoms with Crippen LogP contribution in [0, 0.1) is 0 Å². The number of esters is 1. The molecule has 0 fully saturated rings. The molecule has 33 heavy (non-hydrogen) atoms. The number of ketones is 1. The summed E-state index contributed by atoms with van der Waals surface area (Å²) in [6.07, 6.45) is 1.60. The maximum absolute atomic E-state index is 12.8. The van der Waals surface area contributed by atoms with E-state index in [1.807, 2.05) is 30.3 Å². The molecule has 168 valence electrons. The number of ether oxygens (including phenoxy) is 5. The number of benzene rings is 3. The molecule has 1 aliphatic heterocycles. The van der Waals surface area contributed by atoms with E-state index >= 15 is 0 Å². The van der Waals surface area contributed by atoms with E-state index < -0.39 is 5.97 Å². The number of hydrogen-bond donors (Lipinski definition) is 0. The van der Waals surface area contributed by atoms with Crippen LogP contribution in [0.2, 0.25) is 0 Å². The monoisotopic (exact) mass is 446 g/mol. The summed E-state index contributed by atoms with van der Waals surface area (Å²) in [6.45, 7) is -0.0873. The highest BCUT2D eigenvalue weighted by atomic mass is 16.6. The molecule has 0 bridgehead atoms. The van der Waals surface area contributed by atoms with Gasteiger partial charge in [0.05, 0.1) is 19.8 Å². The van der Waals surface area contributed by atoms with Crippen molar-refractivity contribution in [1.82, 2.24) is 0 Å². The second-order valence-corrected chi connectivity index (χ2v) is 7.12. The number of Topliss-reactive ketones (excluding diaryl/α,β-unsaturated/α-hetero) is 1. The van der Waals surface area contributed by atoms with Crippen molar-refractivity contribution in [1.29, 1.82) is 0 Å². The summed E-state index contributed by atoms with van der Waals surface area (Å²) in [5.41, 5.74) is 1.94. The maximum Gasteiger partial charge on any atom is 0.344 e. The normalized spacial score (nSPS) is 13.3. The molecule has 3 aromatic carbocycles. The number of hydrogen-bond acceptors (Lipinski definition) is 7. The molecule has 1 aliphatic rings. The zero-order chi connectivity index (χ0) is 23.2. The van der Waals surface area contributed by atoms with Gasteiger partial charge in [0.2, 0.25) is 5.78 Å². The Balaban J connectivity index is 1.42. The van der Waals surface area contributed by atoms with E-state index in [0.29, 0.717) is 34.1 Å². The largest absolute Gasteiger partial charge is 0.493 e. The Morgan fingerprint density at radius 3 is 2.55 bits per heavy atom. The average Bonchev–Trinajstić information content (AvgIpc) is 3.16. The molecule has 0 N–H and O–H groups in total. The number of methoxy groups -OCH3 is 2. The fraction of sp³-hybridized carbons (Fsp3) is 0.154. The van der Waals surface area contributed by atoms with Crippen LogP contribution in [0.5, 0.6) is 23.0 Å². The fourth-order valence-corrected chi connectivity index (χ4v) is 3.35. The van der Waals surface area contributed by atoms with E-state index in [0.717, 1.165) is 5.56 Å². The van der Waals surface area contributed by atoms with Gasteiger partial charge in [-0.05, 0) is 29.8 Å². The summed E-state index contributed by atoms with van der Waals surface area (Å²) in [6, 6.07) is 19.5. The van der Waals surface area contributed by atoms with Crippen molar-refractivity contribution >= 4 is 17.8 Å². The van der Waals surface area contributed by atoms with E-state index in [-0.39, 0.29) is 24.8 Å². The molecule has 0 saturated heterocycles. The lowest BCUT2D eigenvalue weighted by atomic mass is 10.1. The maximum atomic E-state index is 12.8. The van der Waals surface area contributed by atoms with Gasteiger partial charge in [-0.15, -0.1) is 0 Å². The van der Waals surface area contributed by atoms with E-state index in [4.69, 9.17) is 23.7 Å². The van der Waals surface area contributed by atoms with Crippen LogP contribution < -0.4 is 18.9 Å². The van der Waals surface area contributed by atoms with Crippen LogP contribution in [0.3, 0.4) is 0 Å². The zero-order valence-corrected chi connectivity index (χ0v) is 18.2. The molecular weight excluding hydrogens is 424 g/mol. The topological polar surface area (TPSA) is 80.3 Å². The minimum Gasteiger partial charge on any atom is -0.493 e. The van der Waals surface area contributed by atoms with Crippen molar-refractivity contribution in [2.75, 3.05) is 20.8 Å². The van der Waals surface area contributed by atoms with Crippen molar-refractivity contribution in [3.8, 4) is 23.0 Å². The first-order valence-electron chi connectivity index (χ1n) is 10.2. The third kappa shape index (κ3) is 4.98. The van der Waals surface area contributed by atoms with Gasteiger partial charge in [-0.3, -0.25) is 4.79 Å². The van der Waals surface area contributed by atoms with Gasteiger partial charge in [0, 0.05) is 11.6 Å². The van der Waals surface area contributed by atoms with Crippen LogP contribution in [0.4, 0.5) is 0 Å². The van der Waals surface area contributed by atoms with Crippen LogP contribution in [-0.2, 0) is 16.1 Å². The number of carbonyl (C=O) groups is 2. The van der Waals surface area contributed by atoms with Gasteiger partial charge in [0.15, 0.2) is 23.9 Å². The lowest BCUT2D eigenvalue weighted by molar-refractivity contribution is -0.147. The summed E-state index contributed by atoms with van der Waals surface area (Å²) in [5, 5.41) is 0. The first kappa shape index (κ1) is 22.0. The standard InChI is InChI=1S/C26H22O7/c1-29-21-10-6-9-18(26(21)30-2)13-23-25(28)20-12-11-19(14-22(20)33-23)31-16-24(27)32-15-17-7-4-3-5-8-17/h3-14H,15-16H2,1-2H3. The minimum atomic E-state index is -0.498. The Labute approximate surface area is 191 Å². The molecule has 3 aromatic rings. The van der Waals surface area contributed by atoms with Crippen molar-refractivity contribution in [3.63, 3.8) is 0 Å². The van der Waals surface area contributed by atoms with Crippen LogP contribution in [0.1, 0.15) is 21.5 Å². The molecule has 1 heterocycles. The Hall–Kier alpha value is -4.26. The average molecular weight is 446 g/mol. The van der Waals surface area contributed by atoms with Crippen LogP contribution in [0.15, 0.2) is 72.5 Å². The Morgan fingerprint density at radius 1 is 0.970 bits per heavy atom. The molecule has 7 heteroatoms. The molecule has 0 unspecified atom stereocenters. The lowest BCUT2D eigenvalue weighted by Crippen LogP contribution is -2.14. The van der Waals surface area contributed by atoms with Crippen molar-refractivity contribution < 1.29 is 33.3 Å². The van der Waals surface area contributed by atoms with E-state index in [9.17, 15) is 9.59 Å². The summed E-state index contributed by atoms with van der Waals surface area (Å²) in [4.78, 5) is 24.8. The number of para-hydroxylation sites is 1. The molecule has 0 spiro atoms. The first-order valence-corrected chi connectivity index (χ1v) is 10.2. The van der Waals surface area contributed by atoms with Gasteiger partial charge in [-0.2, -0.15) is 0 Å². The van der Waals surface area contributed by atoms with Crippen molar-refractivity contribution in [2.45, 2.75) is 6.61 Å². The fourth-order valence-electron chi connectivity index (χ4n) is 3.35. The van der Waals surface area contributed by atoms with Crippen molar-refractivity contribution in [2.24, 2.45) is 0 Å². The molecule has 0 atom stereocenters. The molecule has 0 aromatic heterocycles. The van der Waals surface area contributed by atoms with E-state index in [1.165, 1.54) is 7.11 Å². The quantitative estimate of drug-likeness (QED) is 0.374. The molecule has 0 aliphatic carbocycles. The third-order valence-corrected chi connectivity index (χ3v) is 4.96. The predicted octanol–water partition coefficient (Wildman–Crippen LogP) is 4.44. The Bertz CT molecular complexity index is 1200. The first-order chi connectivity index (χ1) is 16.1. The molecular formula is C26H22O7. The highest BCUT2D eigenvalue weighted by Gasteiger charge is 2.28. The zero-order valence-electron chi connectivity index (χ0n) is 18.2. The van der Waals surface area contributed by atoms with Gasteiger partial charge in [0.1, 0.15) is 18.1 Å². The Morgan fingerprint density at radius 2 is 1.79 bits per heavy atom. The predicted molar refractivity (Wildman–Crippen MR) is 121 cm³/mol. The summed E-state index contributed by atoms with van der Waals surface area (Å²) in [7, 11) is 3.07. The highest BCUT2D eigenvalue weighted by molar-refractivity contribution is 6.14. The molecule has 7 nitrogen and oxygen atoms in total. The van der Waals surface area contributed by atoms with Crippen LogP contribution in [0.25, 0.3) is 6.08 Å². The Kier molecular flexibility index (Phi) is 6.59. The third-order valence-electron chi connectivity index (χ3n) is 4.96. The SMILES string of the molecule is COc1cccc(C=C2Oc3cc(OCC(=O)OCc4ccccc4)ccc3C2=O)c1OC. The minimum absolute atomic E-state index is 0.149. The summed E-state index contributed by atoms with van der Waals surface area (Å²) >= 11 is 0. The molecule has 4 rings (SSSR count). The number of fused-ring (bicyclic) bond motifs is 1. The summed E-state index contributed by atoms with van der Waals surface area (Å²) < 4.78 is 27.2. The van der Waals surface area contributed by atoms with E-state index in [1.54, 1.807) is 49.6 Å². The lowest BCUT2D eigenvalue weighted by Gasteiger charge is -2.10. The van der Waals surface area contributed by atoms with Gasteiger partial charge < -0.3 is 23.7 Å². The second-order valence-electron chi connectivity index (χ2n) is 7.12.